The van der Waals surface area contributed by atoms with Crippen LogP contribution in [0, 0.1) is 0 Å². The molecule has 0 bridgehead atoms. The quantitative estimate of drug-likeness (QED) is 0.380. The SMILES string of the molecule is O=C(Oc1ccccc1)C1=NC=C(c2cccc(C3=CN=C(C(=O)Oc4ccccc4)C3)c2)C1. The van der Waals surface area contributed by atoms with Gasteiger partial charge in [0.05, 0.1) is 0 Å². The van der Waals surface area contributed by atoms with Gasteiger partial charge in [-0.25, -0.2) is 9.59 Å². The van der Waals surface area contributed by atoms with Crippen LogP contribution in [0.5, 0.6) is 11.5 Å². The molecule has 0 spiro atoms. The van der Waals surface area contributed by atoms with E-state index in [4.69, 9.17) is 9.47 Å². The predicted octanol–water partition coefficient (Wildman–Crippen LogP) is 5.27. The van der Waals surface area contributed by atoms with E-state index in [-0.39, 0.29) is 0 Å². The predicted molar refractivity (Wildman–Crippen MR) is 131 cm³/mol. The summed E-state index contributed by atoms with van der Waals surface area (Å²) in [5.74, 6) is 0.0602. The number of hydrogen-bond acceptors (Lipinski definition) is 6. The number of para-hydroxylation sites is 2. The van der Waals surface area contributed by atoms with Crippen molar-refractivity contribution >= 4 is 34.5 Å². The molecule has 0 fully saturated rings. The zero-order valence-corrected chi connectivity index (χ0v) is 18.2. The fraction of sp³-hybridized carbons (Fsp3) is 0.0714. The highest BCUT2D eigenvalue weighted by molar-refractivity contribution is 6.40. The number of aliphatic imine (C=N–C) groups is 2. The third-order valence-corrected chi connectivity index (χ3v) is 5.45. The van der Waals surface area contributed by atoms with Crippen molar-refractivity contribution in [2.75, 3.05) is 0 Å². The number of esters is 2. The summed E-state index contributed by atoms with van der Waals surface area (Å²) in [4.78, 5) is 33.4. The van der Waals surface area contributed by atoms with Crippen LogP contribution in [0.1, 0.15) is 24.0 Å². The molecular formula is C28H20N2O4. The number of nitrogens with zero attached hydrogens (tertiary/aromatic N) is 2. The van der Waals surface area contributed by atoms with Gasteiger partial charge in [-0.15, -0.1) is 0 Å². The Bertz CT molecular complexity index is 1270. The van der Waals surface area contributed by atoms with E-state index in [1.807, 2.05) is 60.7 Å². The highest BCUT2D eigenvalue weighted by Crippen LogP contribution is 2.30. The maximum atomic E-state index is 12.4. The van der Waals surface area contributed by atoms with Crippen LogP contribution in [-0.4, -0.2) is 23.4 Å². The van der Waals surface area contributed by atoms with Gasteiger partial charge in [-0.1, -0.05) is 54.6 Å². The molecule has 3 aromatic rings. The summed E-state index contributed by atoms with van der Waals surface area (Å²) >= 11 is 0. The summed E-state index contributed by atoms with van der Waals surface area (Å²) in [5.41, 5.74) is 4.46. The molecule has 0 saturated heterocycles. The molecule has 0 atom stereocenters. The van der Waals surface area contributed by atoms with Crippen molar-refractivity contribution in [3.8, 4) is 11.5 Å². The van der Waals surface area contributed by atoms with Crippen LogP contribution in [0.15, 0.2) is 107 Å². The van der Waals surface area contributed by atoms with Gasteiger partial charge in [0.1, 0.15) is 22.9 Å². The van der Waals surface area contributed by atoms with E-state index in [0.717, 1.165) is 22.3 Å². The fourth-order valence-electron chi connectivity index (χ4n) is 3.69. The summed E-state index contributed by atoms with van der Waals surface area (Å²) < 4.78 is 10.8. The molecule has 6 nitrogen and oxygen atoms in total. The lowest BCUT2D eigenvalue weighted by Gasteiger charge is -2.08. The van der Waals surface area contributed by atoms with Crippen LogP contribution in [0.3, 0.4) is 0 Å². The largest absolute Gasteiger partial charge is 0.422 e. The molecule has 3 aromatic carbocycles. The lowest BCUT2D eigenvalue weighted by molar-refractivity contribution is -0.127. The molecule has 6 heteroatoms. The monoisotopic (exact) mass is 448 g/mol. The molecule has 0 radical (unpaired) electrons. The third-order valence-electron chi connectivity index (χ3n) is 5.45. The van der Waals surface area contributed by atoms with E-state index in [2.05, 4.69) is 9.98 Å². The Morgan fingerprint density at radius 1 is 0.588 bits per heavy atom. The van der Waals surface area contributed by atoms with Crippen LogP contribution in [0.2, 0.25) is 0 Å². The van der Waals surface area contributed by atoms with Crippen LogP contribution in [0.4, 0.5) is 0 Å². The first-order valence-electron chi connectivity index (χ1n) is 10.8. The number of rotatable bonds is 6. The molecule has 2 aliphatic heterocycles. The number of allylic oxidation sites excluding steroid dienone is 2. The smallest absolute Gasteiger partial charge is 0.358 e. The van der Waals surface area contributed by atoms with E-state index < -0.39 is 11.9 Å². The second-order valence-electron chi connectivity index (χ2n) is 7.80. The van der Waals surface area contributed by atoms with Gasteiger partial charge in [-0.05, 0) is 52.6 Å². The number of benzene rings is 3. The molecule has 0 saturated carbocycles. The lowest BCUT2D eigenvalue weighted by Crippen LogP contribution is -2.19. The normalized spacial score (nSPS) is 14.6. The zero-order chi connectivity index (χ0) is 23.3. The second-order valence-corrected chi connectivity index (χ2v) is 7.80. The Kier molecular flexibility index (Phi) is 5.95. The van der Waals surface area contributed by atoms with E-state index in [0.29, 0.717) is 35.8 Å². The highest BCUT2D eigenvalue weighted by Gasteiger charge is 2.23. The Labute approximate surface area is 196 Å². The molecule has 0 aliphatic carbocycles. The molecule has 2 aliphatic rings. The van der Waals surface area contributed by atoms with Gasteiger partial charge in [-0.2, -0.15) is 0 Å². The molecule has 0 N–H and O–H groups in total. The summed E-state index contributed by atoms with van der Waals surface area (Å²) in [5, 5.41) is 0. The molecule has 34 heavy (non-hydrogen) atoms. The summed E-state index contributed by atoms with van der Waals surface area (Å²) in [6, 6.07) is 25.8. The topological polar surface area (TPSA) is 77.3 Å². The standard InChI is InChI=1S/C28H20N2O4/c31-27(33-23-10-3-1-4-11-23)25-15-21(17-29-25)19-8-7-9-20(14-19)22-16-26(30-18-22)28(32)34-24-12-5-2-6-13-24/h1-14,17-18H,15-16H2. The van der Waals surface area contributed by atoms with E-state index in [9.17, 15) is 9.59 Å². The lowest BCUT2D eigenvalue weighted by atomic mass is 9.96. The van der Waals surface area contributed by atoms with E-state index in [1.54, 1.807) is 36.7 Å². The van der Waals surface area contributed by atoms with Gasteiger partial charge in [0.25, 0.3) is 0 Å². The van der Waals surface area contributed by atoms with Crippen molar-refractivity contribution in [2.24, 2.45) is 9.98 Å². The molecule has 0 aromatic heterocycles. The fourth-order valence-corrected chi connectivity index (χ4v) is 3.69. The van der Waals surface area contributed by atoms with Gasteiger partial charge >= 0.3 is 11.9 Å². The van der Waals surface area contributed by atoms with E-state index in [1.165, 1.54) is 0 Å². The van der Waals surface area contributed by atoms with Gasteiger partial charge in [-0.3, -0.25) is 9.98 Å². The van der Waals surface area contributed by atoms with Crippen molar-refractivity contribution in [2.45, 2.75) is 12.8 Å². The Balaban J connectivity index is 1.20. The van der Waals surface area contributed by atoms with Gasteiger partial charge in [0.15, 0.2) is 0 Å². The molecule has 166 valence electrons. The molecule has 0 amide bonds. The van der Waals surface area contributed by atoms with Gasteiger partial charge in [0, 0.05) is 25.2 Å². The van der Waals surface area contributed by atoms with Crippen molar-refractivity contribution in [1.29, 1.82) is 0 Å². The minimum absolute atomic E-state index is 0.360. The van der Waals surface area contributed by atoms with Crippen LogP contribution in [-0.2, 0) is 9.59 Å². The van der Waals surface area contributed by atoms with Crippen molar-refractivity contribution in [3.63, 3.8) is 0 Å². The minimum Gasteiger partial charge on any atom is -0.422 e. The van der Waals surface area contributed by atoms with Crippen LogP contribution in [0.25, 0.3) is 11.1 Å². The first-order valence-corrected chi connectivity index (χ1v) is 10.8. The minimum atomic E-state index is -0.456. The molecular weight excluding hydrogens is 428 g/mol. The zero-order valence-electron chi connectivity index (χ0n) is 18.2. The average Bonchev–Trinajstić information content (AvgIpc) is 3.56. The number of carbonyl (C=O) groups excluding carboxylic acids is 2. The maximum Gasteiger partial charge on any atom is 0.358 e. The molecule has 5 rings (SSSR count). The summed E-state index contributed by atoms with van der Waals surface area (Å²) in [7, 11) is 0. The van der Waals surface area contributed by atoms with Gasteiger partial charge < -0.3 is 9.47 Å². The Hall–Kier alpha value is -4.58. The first-order chi connectivity index (χ1) is 16.7. The second kappa shape index (κ2) is 9.50. The third kappa shape index (κ3) is 4.76. The Morgan fingerprint density at radius 3 is 1.47 bits per heavy atom. The average molecular weight is 448 g/mol. The highest BCUT2D eigenvalue weighted by atomic mass is 16.5. The van der Waals surface area contributed by atoms with Gasteiger partial charge in [0.2, 0.25) is 0 Å². The summed E-state index contributed by atoms with van der Waals surface area (Å²) in [6.45, 7) is 0. The molecule has 0 unspecified atom stereocenters. The van der Waals surface area contributed by atoms with Crippen LogP contribution < -0.4 is 9.47 Å². The molecule has 2 heterocycles. The van der Waals surface area contributed by atoms with Crippen molar-refractivity contribution < 1.29 is 19.1 Å². The Morgan fingerprint density at radius 2 is 1.03 bits per heavy atom. The van der Waals surface area contributed by atoms with Crippen molar-refractivity contribution in [1.82, 2.24) is 0 Å². The van der Waals surface area contributed by atoms with Crippen LogP contribution >= 0.6 is 0 Å². The maximum absolute atomic E-state index is 12.4. The van der Waals surface area contributed by atoms with E-state index >= 15 is 0 Å². The van der Waals surface area contributed by atoms with Crippen molar-refractivity contribution in [3.05, 3.63) is 108 Å². The number of ether oxygens (including phenoxy) is 2. The number of hydrogen-bond donors (Lipinski definition) is 0. The summed E-state index contributed by atoms with van der Waals surface area (Å²) in [6.07, 6.45) is 4.17. The first kappa shape index (κ1) is 21.3. The number of carbonyl (C=O) groups is 2.